The predicted octanol–water partition coefficient (Wildman–Crippen LogP) is 2.09. The zero-order chi connectivity index (χ0) is 15.9. The number of urea groups is 1. The van der Waals surface area contributed by atoms with Gasteiger partial charge in [-0.1, -0.05) is 20.8 Å². The molecular formula is C15H28N2O4. The van der Waals surface area contributed by atoms with Gasteiger partial charge in [0.2, 0.25) is 0 Å². The quantitative estimate of drug-likeness (QED) is 0.673. The molecule has 0 saturated carbocycles. The van der Waals surface area contributed by atoms with Crippen LogP contribution in [-0.2, 0) is 9.53 Å². The fourth-order valence-electron chi connectivity index (χ4n) is 2.70. The zero-order valence-corrected chi connectivity index (χ0v) is 13.4. The summed E-state index contributed by atoms with van der Waals surface area (Å²) in [5.74, 6) is -0.400. The first-order valence-corrected chi connectivity index (χ1v) is 7.80. The van der Waals surface area contributed by atoms with Gasteiger partial charge in [0.25, 0.3) is 0 Å². The number of likely N-dealkylation sites (tertiary alicyclic amines) is 1. The summed E-state index contributed by atoms with van der Waals surface area (Å²) < 4.78 is 5.44. The SMILES string of the molecule is CCC1(C(=O)O)CCCN1C(=O)NCCCOCC(C)C. The molecule has 1 fully saturated rings. The van der Waals surface area contributed by atoms with E-state index in [4.69, 9.17) is 4.74 Å². The molecule has 1 unspecified atom stereocenters. The third-order valence-corrected chi connectivity index (χ3v) is 3.91. The average Bonchev–Trinajstić information content (AvgIpc) is 2.87. The van der Waals surface area contributed by atoms with Gasteiger partial charge in [0, 0.05) is 26.3 Å². The van der Waals surface area contributed by atoms with Crippen molar-refractivity contribution in [1.82, 2.24) is 10.2 Å². The van der Waals surface area contributed by atoms with Crippen LogP contribution in [0, 0.1) is 5.92 Å². The summed E-state index contributed by atoms with van der Waals surface area (Å²) in [6.07, 6.45) is 2.45. The molecular weight excluding hydrogens is 272 g/mol. The maximum absolute atomic E-state index is 12.2. The highest BCUT2D eigenvalue weighted by molar-refractivity contribution is 5.87. The van der Waals surface area contributed by atoms with Crippen LogP contribution >= 0.6 is 0 Å². The summed E-state index contributed by atoms with van der Waals surface area (Å²) in [6, 6.07) is -0.277. The molecule has 1 aliphatic rings. The maximum atomic E-state index is 12.2. The Morgan fingerprint density at radius 1 is 1.43 bits per heavy atom. The number of hydrogen-bond donors (Lipinski definition) is 2. The minimum absolute atomic E-state index is 0.277. The van der Waals surface area contributed by atoms with Crippen LogP contribution in [0.1, 0.15) is 46.5 Å². The normalized spacial score (nSPS) is 21.8. The number of hydrogen-bond acceptors (Lipinski definition) is 3. The van der Waals surface area contributed by atoms with Crippen molar-refractivity contribution in [2.75, 3.05) is 26.3 Å². The molecule has 0 aromatic carbocycles. The minimum Gasteiger partial charge on any atom is -0.479 e. The number of rotatable bonds is 8. The van der Waals surface area contributed by atoms with Crippen LogP contribution in [-0.4, -0.2) is 53.8 Å². The van der Waals surface area contributed by atoms with E-state index in [9.17, 15) is 14.7 Å². The monoisotopic (exact) mass is 300 g/mol. The number of carbonyl (C=O) groups is 2. The van der Waals surface area contributed by atoms with Gasteiger partial charge >= 0.3 is 12.0 Å². The molecule has 0 aromatic heterocycles. The van der Waals surface area contributed by atoms with Crippen LogP contribution in [0.3, 0.4) is 0 Å². The lowest BCUT2D eigenvalue weighted by Gasteiger charge is -2.33. The van der Waals surface area contributed by atoms with Gasteiger partial charge < -0.3 is 20.1 Å². The van der Waals surface area contributed by atoms with Crippen molar-refractivity contribution < 1.29 is 19.4 Å². The van der Waals surface area contributed by atoms with Crippen molar-refractivity contribution in [3.05, 3.63) is 0 Å². The van der Waals surface area contributed by atoms with E-state index in [1.807, 2.05) is 6.92 Å². The van der Waals surface area contributed by atoms with Crippen molar-refractivity contribution in [3.8, 4) is 0 Å². The molecule has 2 N–H and O–H groups in total. The Bertz CT molecular complexity index is 360. The van der Waals surface area contributed by atoms with Crippen LogP contribution in [0.5, 0.6) is 0 Å². The van der Waals surface area contributed by atoms with Crippen molar-refractivity contribution in [1.29, 1.82) is 0 Å². The lowest BCUT2D eigenvalue weighted by molar-refractivity contribution is -0.148. The van der Waals surface area contributed by atoms with E-state index in [0.717, 1.165) is 19.4 Å². The van der Waals surface area contributed by atoms with Crippen LogP contribution in [0.4, 0.5) is 4.79 Å². The lowest BCUT2D eigenvalue weighted by Crippen LogP contribution is -2.55. The summed E-state index contributed by atoms with van der Waals surface area (Å²) in [5, 5.41) is 12.2. The molecule has 0 aromatic rings. The van der Waals surface area contributed by atoms with Gasteiger partial charge in [-0.15, -0.1) is 0 Å². The smallest absolute Gasteiger partial charge is 0.329 e. The molecule has 6 heteroatoms. The minimum atomic E-state index is -1.03. The number of nitrogens with one attached hydrogen (secondary N) is 1. The number of carboxylic acid groups (broad SMARTS) is 1. The first-order valence-electron chi connectivity index (χ1n) is 7.80. The summed E-state index contributed by atoms with van der Waals surface area (Å²) in [6.45, 7) is 8.34. The van der Waals surface area contributed by atoms with Crippen LogP contribution in [0.15, 0.2) is 0 Å². The molecule has 1 atom stereocenters. The molecule has 0 spiro atoms. The van der Waals surface area contributed by atoms with E-state index in [-0.39, 0.29) is 6.03 Å². The summed E-state index contributed by atoms with van der Waals surface area (Å²) >= 11 is 0. The first kappa shape index (κ1) is 17.8. The fraction of sp³-hybridized carbons (Fsp3) is 0.867. The largest absolute Gasteiger partial charge is 0.479 e. The molecule has 0 radical (unpaired) electrons. The van der Waals surface area contributed by atoms with E-state index in [1.165, 1.54) is 4.90 Å². The van der Waals surface area contributed by atoms with E-state index in [1.54, 1.807) is 0 Å². The standard InChI is InChI=1S/C15H28N2O4/c1-4-15(13(18)19)7-5-9-17(15)14(20)16-8-6-10-21-11-12(2)3/h12H,4-11H2,1-3H3,(H,16,20)(H,18,19). The Labute approximate surface area is 126 Å². The van der Waals surface area contributed by atoms with Crippen molar-refractivity contribution >= 4 is 12.0 Å². The summed E-state index contributed by atoms with van der Waals surface area (Å²) in [5.41, 5.74) is -1.03. The molecule has 6 nitrogen and oxygen atoms in total. The third kappa shape index (κ3) is 4.59. The highest BCUT2D eigenvalue weighted by Gasteiger charge is 2.48. The number of aliphatic carboxylic acids is 1. The van der Waals surface area contributed by atoms with Crippen molar-refractivity contribution in [3.63, 3.8) is 0 Å². The predicted molar refractivity (Wildman–Crippen MR) is 80.3 cm³/mol. The van der Waals surface area contributed by atoms with E-state index < -0.39 is 11.5 Å². The highest BCUT2D eigenvalue weighted by atomic mass is 16.5. The number of amides is 2. The number of nitrogens with zero attached hydrogens (tertiary/aromatic N) is 1. The van der Waals surface area contributed by atoms with E-state index in [2.05, 4.69) is 19.2 Å². The molecule has 0 bridgehead atoms. The topological polar surface area (TPSA) is 78.9 Å². The van der Waals surface area contributed by atoms with Gasteiger partial charge in [0.1, 0.15) is 5.54 Å². The Hall–Kier alpha value is -1.30. The van der Waals surface area contributed by atoms with Crippen LogP contribution < -0.4 is 5.32 Å². The first-order chi connectivity index (χ1) is 9.94. The van der Waals surface area contributed by atoms with Gasteiger partial charge in [-0.25, -0.2) is 9.59 Å². The Morgan fingerprint density at radius 2 is 2.14 bits per heavy atom. The molecule has 122 valence electrons. The zero-order valence-electron chi connectivity index (χ0n) is 13.4. The Kier molecular flexibility index (Phi) is 6.95. The molecule has 1 saturated heterocycles. The van der Waals surface area contributed by atoms with Gasteiger partial charge in [-0.2, -0.15) is 0 Å². The van der Waals surface area contributed by atoms with Gasteiger partial charge in [0.15, 0.2) is 0 Å². The fourth-order valence-corrected chi connectivity index (χ4v) is 2.70. The summed E-state index contributed by atoms with van der Waals surface area (Å²) in [4.78, 5) is 25.2. The Balaban J connectivity index is 2.36. The number of carboxylic acids is 1. The molecule has 1 heterocycles. The van der Waals surface area contributed by atoms with Crippen molar-refractivity contribution in [2.45, 2.75) is 52.0 Å². The average molecular weight is 300 g/mol. The van der Waals surface area contributed by atoms with E-state index in [0.29, 0.717) is 38.5 Å². The van der Waals surface area contributed by atoms with Gasteiger partial charge in [0.05, 0.1) is 0 Å². The number of carbonyl (C=O) groups excluding carboxylic acids is 1. The molecule has 0 aliphatic carbocycles. The molecule has 1 aliphatic heterocycles. The second-order valence-electron chi connectivity index (χ2n) is 6.00. The highest BCUT2D eigenvalue weighted by Crippen LogP contribution is 2.32. The van der Waals surface area contributed by atoms with Crippen LogP contribution in [0.2, 0.25) is 0 Å². The second kappa shape index (κ2) is 8.22. The Morgan fingerprint density at radius 3 is 2.71 bits per heavy atom. The number of ether oxygens (including phenoxy) is 1. The van der Waals surface area contributed by atoms with E-state index >= 15 is 0 Å². The van der Waals surface area contributed by atoms with Crippen molar-refractivity contribution in [2.24, 2.45) is 5.92 Å². The third-order valence-electron chi connectivity index (χ3n) is 3.91. The van der Waals surface area contributed by atoms with Gasteiger partial charge in [-0.3, -0.25) is 0 Å². The molecule has 21 heavy (non-hydrogen) atoms. The maximum Gasteiger partial charge on any atom is 0.329 e. The summed E-state index contributed by atoms with van der Waals surface area (Å²) in [7, 11) is 0. The molecule has 2 amide bonds. The molecule has 1 rings (SSSR count). The second-order valence-corrected chi connectivity index (χ2v) is 6.00. The lowest BCUT2D eigenvalue weighted by atomic mass is 9.93. The van der Waals surface area contributed by atoms with Crippen LogP contribution in [0.25, 0.3) is 0 Å². The van der Waals surface area contributed by atoms with Gasteiger partial charge in [-0.05, 0) is 31.6 Å².